The molecule has 144 valence electrons. The molecule has 3 rings (SSSR count). The third-order valence-electron chi connectivity index (χ3n) is 4.77. The number of benzene rings is 2. The number of amides is 1. The molecule has 27 heavy (non-hydrogen) atoms. The van der Waals surface area contributed by atoms with Gasteiger partial charge in [-0.15, -0.1) is 0 Å². The van der Waals surface area contributed by atoms with Gasteiger partial charge in [-0.25, -0.2) is 0 Å². The number of likely N-dealkylation sites (tertiary alicyclic amines) is 1. The second-order valence-corrected chi connectivity index (χ2v) is 6.93. The van der Waals surface area contributed by atoms with Crippen molar-refractivity contribution in [1.29, 1.82) is 0 Å². The van der Waals surface area contributed by atoms with Crippen LogP contribution < -0.4 is 14.8 Å². The molecular weight excluding hydrogens is 364 g/mol. The lowest BCUT2D eigenvalue weighted by molar-refractivity contribution is -0.123. The summed E-state index contributed by atoms with van der Waals surface area (Å²) in [4.78, 5) is 14.7. The van der Waals surface area contributed by atoms with Crippen LogP contribution in [0.1, 0.15) is 24.4 Å². The van der Waals surface area contributed by atoms with Gasteiger partial charge in [-0.2, -0.15) is 0 Å². The molecule has 1 fully saturated rings. The van der Waals surface area contributed by atoms with E-state index < -0.39 is 0 Å². The lowest BCUT2D eigenvalue weighted by Gasteiger charge is -2.29. The number of methoxy groups -OCH3 is 1. The minimum atomic E-state index is -0.169. The Hall–Kier alpha value is -2.24. The highest BCUT2D eigenvalue weighted by Gasteiger charge is 2.25. The number of hydrogen-bond acceptors (Lipinski definition) is 4. The second kappa shape index (κ2) is 9.62. The molecule has 0 bridgehead atoms. The van der Waals surface area contributed by atoms with E-state index in [2.05, 4.69) is 10.2 Å². The summed E-state index contributed by atoms with van der Waals surface area (Å²) in [5.74, 6) is 0.991. The van der Waals surface area contributed by atoms with Gasteiger partial charge in [0.2, 0.25) is 0 Å². The normalized spacial score (nSPS) is 15.3. The third-order valence-corrected chi connectivity index (χ3v) is 5.11. The van der Waals surface area contributed by atoms with Gasteiger partial charge in [-0.1, -0.05) is 41.9 Å². The van der Waals surface area contributed by atoms with Crippen molar-refractivity contribution in [2.24, 2.45) is 0 Å². The number of hydrogen-bond donors (Lipinski definition) is 1. The lowest BCUT2D eigenvalue weighted by atomic mass is 10.1. The van der Waals surface area contributed by atoms with Crippen LogP contribution in [-0.4, -0.2) is 44.2 Å². The van der Waals surface area contributed by atoms with E-state index in [1.54, 1.807) is 19.2 Å². The van der Waals surface area contributed by atoms with E-state index in [9.17, 15) is 4.79 Å². The monoisotopic (exact) mass is 388 g/mol. The number of nitrogens with zero attached hydrogens (tertiary/aromatic N) is 1. The summed E-state index contributed by atoms with van der Waals surface area (Å²) in [6.07, 6.45) is 2.34. The standard InChI is InChI=1S/C21H25ClN2O3/c1-26-19-10-4-5-11-20(19)27-15-21(25)23-14-18(24-12-6-7-13-24)16-8-2-3-9-17(16)22/h2-5,8-11,18H,6-7,12-15H2,1H3,(H,23,25)/t18-/m1/s1. The summed E-state index contributed by atoms with van der Waals surface area (Å²) in [7, 11) is 1.58. The Kier molecular flexibility index (Phi) is 6.96. The molecular formula is C21H25ClN2O3. The van der Waals surface area contributed by atoms with E-state index in [1.807, 2.05) is 36.4 Å². The molecule has 0 radical (unpaired) electrons. The van der Waals surface area contributed by atoms with Gasteiger partial charge in [-0.05, 0) is 49.7 Å². The molecule has 6 heteroatoms. The number of ether oxygens (including phenoxy) is 2. The molecule has 0 aromatic heterocycles. The SMILES string of the molecule is COc1ccccc1OCC(=O)NC[C@H](c1ccccc1Cl)N1CCCC1. The average molecular weight is 389 g/mol. The van der Waals surface area contributed by atoms with Gasteiger partial charge in [-0.3, -0.25) is 9.69 Å². The number of carbonyl (C=O) groups is 1. The van der Waals surface area contributed by atoms with Crippen LogP contribution in [0.25, 0.3) is 0 Å². The molecule has 2 aromatic rings. The van der Waals surface area contributed by atoms with E-state index in [1.165, 1.54) is 12.8 Å². The van der Waals surface area contributed by atoms with Crippen molar-refractivity contribution in [3.05, 3.63) is 59.1 Å². The van der Waals surface area contributed by atoms with Crippen LogP contribution in [0.3, 0.4) is 0 Å². The maximum absolute atomic E-state index is 12.3. The predicted molar refractivity (Wildman–Crippen MR) is 106 cm³/mol. The largest absolute Gasteiger partial charge is 0.493 e. The minimum absolute atomic E-state index is 0.0599. The Morgan fingerprint density at radius 2 is 1.78 bits per heavy atom. The summed E-state index contributed by atoms with van der Waals surface area (Å²) in [5.41, 5.74) is 1.05. The van der Waals surface area contributed by atoms with Gasteiger partial charge >= 0.3 is 0 Å². The molecule has 0 spiro atoms. The molecule has 0 aliphatic carbocycles. The zero-order valence-corrected chi connectivity index (χ0v) is 16.2. The number of nitrogens with one attached hydrogen (secondary N) is 1. The van der Waals surface area contributed by atoms with E-state index in [-0.39, 0.29) is 18.6 Å². The van der Waals surface area contributed by atoms with Crippen molar-refractivity contribution < 1.29 is 14.3 Å². The number of para-hydroxylation sites is 2. The van der Waals surface area contributed by atoms with Crippen molar-refractivity contribution >= 4 is 17.5 Å². The molecule has 2 aromatic carbocycles. The molecule has 1 heterocycles. The molecule has 1 N–H and O–H groups in total. The summed E-state index contributed by atoms with van der Waals surface area (Å²) < 4.78 is 10.8. The van der Waals surface area contributed by atoms with E-state index >= 15 is 0 Å². The number of halogens is 1. The van der Waals surface area contributed by atoms with Gasteiger partial charge in [0, 0.05) is 11.6 Å². The Morgan fingerprint density at radius 3 is 2.48 bits per heavy atom. The molecule has 5 nitrogen and oxygen atoms in total. The number of carbonyl (C=O) groups excluding carboxylic acids is 1. The van der Waals surface area contributed by atoms with Gasteiger partial charge in [0.25, 0.3) is 5.91 Å². The first kappa shape index (κ1) is 19.5. The molecule has 1 amide bonds. The zero-order chi connectivity index (χ0) is 19.1. The fourth-order valence-corrected chi connectivity index (χ4v) is 3.64. The quantitative estimate of drug-likeness (QED) is 0.749. The van der Waals surface area contributed by atoms with Crippen molar-refractivity contribution in [3.63, 3.8) is 0 Å². The topological polar surface area (TPSA) is 50.8 Å². The van der Waals surface area contributed by atoms with E-state index in [0.29, 0.717) is 18.0 Å². The minimum Gasteiger partial charge on any atom is -0.493 e. The first-order valence-electron chi connectivity index (χ1n) is 9.20. The third kappa shape index (κ3) is 5.15. The highest BCUT2D eigenvalue weighted by Crippen LogP contribution is 2.30. The van der Waals surface area contributed by atoms with Gasteiger partial charge in [0.05, 0.1) is 13.2 Å². The molecule has 1 aliphatic heterocycles. The zero-order valence-electron chi connectivity index (χ0n) is 15.5. The van der Waals surface area contributed by atoms with Gasteiger partial charge in [0.1, 0.15) is 0 Å². The Labute approximate surface area is 165 Å². The van der Waals surface area contributed by atoms with Crippen LogP contribution in [-0.2, 0) is 4.79 Å². The van der Waals surface area contributed by atoms with E-state index in [4.69, 9.17) is 21.1 Å². The smallest absolute Gasteiger partial charge is 0.258 e. The van der Waals surface area contributed by atoms with Crippen LogP contribution in [0.5, 0.6) is 11.5 Å². The Morgan fingerprint density at radius 1 is 1.11 bits per heavy atom. The maximum Gasteiger partial charge on any atom is 0.258 e. The first-order chi connectivity index (χ1) is 13.2. The summed E-state index contributed by atoms with van der Waals surface area (Å²) in [5, 5.41) is 3.72. The van der Waals surface area contributed by atoms with Crippen molar-refractivity contribution in [3.8, 4) is 11.5 Å². The van der Waals surface area contributed by atoms with Crippen molar-refractivity contribution in [2.45, 2.75) is 18.9 Å². The van der Waals surface area contributed by atoms with Crippen LogP contribution in [0.2, 0.25) is 5.02 Å². The Bertz CT molecular complexity index is 763. The molecule has 1 atom stereocenters. The van der Waals surface area contributed by atoms with Crippen LogP contribution in [0.15, 0.2) is 48.5 Å². The molecule has 1 aliphatic rings. The van der Waals surface area contributed by atoms with Crippen molar-refractivity contribution in [1.82, 2.24) is 10.2 Å². The Balaban J connectivity index is 1.60. The maximum atomic E-state index is 12.3. The summed E-state index contributed by atoms with van der Waals surface area (Å²) in [6.45, 7) is 2.47. The molecule has 1 saturated heterocycles. The lowest BCUT2D eigenvalue weighted by Crippen LogP contribution is -2.38. The highest BCUT2D eigenvalue weighted by atomic mass is 35.5. The fraction of sp³-hybridized carbons (Fsp3) is 0.381. The van der Waals surface area contributed by atoms with Crippen LogP contribution in [0, 0.1) is 0 Å². The first-order valence-corrected chi connectivity index (χ1v) is 9.58. The van der Waals surface area contributed by atoms with Crippen molar-refractivity contribution in [2.75, 3.05) is 33.4 Å². The predicted octanol–water partition coefficient (Wildman–Crippen LogP) is 3.68. The second-order valence-electron chi connectivity index (χ2n) is 6.52. The fourth-order valence-electron chi connectivity index (χ4n) is 3.38. The highest BCUT2D eigenvalue weighted by molar-refractivity contribution is 6.31. The number of rotatable bonds is 8. The molecule has 0 saturated carbocycles. The van der Waals surface area contributed by atoms with Crippen LogP contribution in [0.4, 0.5) is 0 Å². The van der Waals surface area contributed by atoms with Crippen LogP contribution >= 0.6 is 11.6 Å². The average Bonchev–Trinajstić information content (AvgIpc) is 3.22. The molecule has 0 unspecified atom stereocenters. The van der Waals surface area contributed by atoms with Gasteiger partial charge < -0.3 is 14.8 Å². The summed E-state index contributed by atoms with van der Waals surface area (Å²) >= 11 is 6.41. The van der Waals surface area contributed by atoms with Gasteiger partial charge in [0.15, 0.2) is 18.1 Å². The van der Waals surface area contributed by atoms with E-state index in [0.717, 1.165) is 23.7 Å². The summed E-state index contributed by atoms with van der Waals surface area (Å²) in [6, 6.07) is 15.2.